The number of carbonyl (C=O) groups excluding carboxylic acids is 3. The molecule has 0 aromatic heterocycles. The van der Waals surface area contributed by atoms with Gasteiger partial charge in [-0.1, -0.05) is 13.8 Å². The number of rotatable bonds is 9. The smallest absolute Gasteiger partial charge is 0.221 e. The molecule has 0 fully saturated rings. The Balaban J connectivity index is 3.55. The van der Waals surface area contributed by atoms with Gasteiger partial charge in [-0.2, -0.15) is 12.6 Å². The van der Waals surface area contributed by atoms with Gasteiger partial charge in [0, 0.05) is 38.3 Å². The van der Waals surface area contributed by atoms with Gasteiger partial charge in [-0.25, -0.2) is 0 Å². The van der Waals surface area contributed by atoms with Gasteiger partial charge in [-0.15, -0.1) is 0 Å². The standard InChI is InChI=1S/C12H22N2O3S/c1-9(2)10(15)3-6-13-11(16)4-7-14-12(17)5-8-18/h9,18H,3-8H2,1-2H3,(H,13,16)(H,14,17). The van der Waals surface area contributed by atoms with Gasteiger partial charge in [0.05, 0.1) is 0 Å². The Bertz CT molecular complexity index is 293. The minimum atomic E-state index is -0.155. The van der Waals surface area contributed by atoms with E-state index in [4.69, 9.17) is 0 Å². The van der Waals surface area contributed by atoms with Crippen LogP contribution in [-0.4, -0.2) is 36.4 Å². The van der Waals surface area contributed by atoms with Gasteiger partial charge in [0.1, 0.15) is 5.78 Å². The molecule has 0 bridgehead atoms. The molecule has 0 aliphatic rings. The molecule has 0 spiro atoms. The summed E-state index contributed by atoms with van der Waals surface area (Å²) < 4.78 is 0. The summed E-state index contributed by atoms with van der Waals surface area (Å²) in [6, 6.07) is 0. The molecule has 0 saturated carbocycles. The fourth-order valence-corrected chi connectivity index (χ4v) is 1.41. The van der Waals surface area contributed by atoms with Crippen molar-refractivity contribution in [2.75, 3.05) is 18.8 Å². The molecule has 2 N–H and O–H groups in total. The van der Waals surface area contributed by atoms with Crippen LogP contribution in [0.3, 0.4) is 0 Å². The minimum absolute atomic E-state index is 0.00224. The van der Waals surface area contributed by atoms with E-state index in [9.17, 15) is 14.4 Å². The zero-order chi connectivity index (χ0) is 14.0. The highest BCUT2D eigenvalue weighted by molar-refractivity contribution is 7.80. The van der Waals surface area contributed by atoms with Crippen molar-refractivity contribution in [2.24, 2.45) is 5.92 Å². The lowest BCUT2D eigenvalue weighted by atomic mass is 10.1. The Kier molecular flexibility index (Phi) is 9.36. The van der Waals surface area contributed by atoms with Gasteiger partial charge in [-0.05, 0) is 5.75 Å². The SMILES string of the molecule is CC(C)C(=O)CCNC(=O)CCNC(=O)CCS. The van der Waals surface area contributed by atoms with Crippen LogP contribution in [0.25, 0.3) is 0 Å². The number of Topliss-reactive ketones (excluding diaryl/α,β-unsaturated/α-hetero) is 1. The van der Waals surface area contributed by atoms with Crippen LogP contribution in [-0.2, 0) is 14.4 Å². The molecule has 0 radical (unpaired) electrons. The van der Waals surface area contributed by atoms with Crippen LogP contribution >= 0.6 is 12.6 Å². The predicted octanol–water partition coefficient (Wildman–Crippen LogP) is 0.544. The molecule has 0 aliphatic heterocycles. The molecular weight excluding hydrogens is 252 g/mol. The van der Waals surface area contributed by atoms with Gasteiger partial charge in [0.2, 0.25) is 11.8 Å². The maximum atomic E-state index is 11.3. The zero-order valence-corrected chi connectivity index (χ0v) is 11.9. The molecule has 104 valence electrons. The fourth-order valence-electron chi connectivity index (χ4n) is 1.21. The lowest BCUT2D eigenvalue weighted by molar-refractivity contribution is -0.122. The highest BCUT2D eigenvalue weighted by Crippen LogP contribution is 1.97. The second-order valence-electron chi connectivity index (χ2n) is 4.29. The van der Waals surface area contributed by atoms with Crippen molar-refractivity contribution < 1.29 is 14.4 Å². The quantitative estimate of drug-likeness (QED) is 0.537. The predicted molar refractivity (Wildman–Crippen MR) is 73.6 cm³/mol. The number of ketones is 1. The van der Waals surface area contributed by atoms with E-state index < -0.39 is 0 Å². The summed E-state index contributed by atoms with van der Waals surface area (Å²) >= 11 is 3.93. The lowest BCUT2D eigenvalue weighted by Crippen LogP contribution is -2.32. The first-order chi connectivity index (χ1) is 8.47. The van der Waals surface area contributed by atoms with E-state index in [1.807, 2.05) is 13.8 Å². The zero-order valence-electron chi connectivity index (χ0n) is 11.0. The maximum Gasteiger partial charge on any atom is 0.221 e. The van der Waals surface area contributed by atoms with Gasteiger partial charge < -0.3 is 10.6 Å². The molecule has 2 amide bonds. The van der Waals surface area contributed by atoms with Crippen LogP contribution in [0.4, 0.5) is 0 Å². The molecule has 0 atom stereocenters. The highest BCUT2D eigenvalue weighted by Gasteiger charge is 2.08. The second-order valence-corrected chi connectivity index (χ2v) is 4.74. The molecular formula is C12H22N2O3S. The minimum Gasteiger partial charge on any atom is -0.356 e. The van der Waals surface area contributed by atoms with E-state index in [0.29, 0.717) is 31.7 Å². The normalized spacial score (nSPS) is 10.2. The van der Waals surface area contributed by atoms with E-state index in [1.54, 1.807) is 0 Å². The van der Waals surface area contributed by atoms with Crippen molar-refractivity contribution in [1.82, 2.24) is 10.6 Å². The summed E-state index contributed by atoms with van der Waals surface area (Å²) in [6.45, 7) is 4.35. The number of hydrogen-bond donors (Lipinski definition) is 3. The van der Waals surface area contributed by atoms with Crippen molar-refractivity contribution in [2.45, 2.75) is 33.1 Å². The average Bonchev–Trinajstić information content (AvgIpc) is 2.29. The monoisotopic (exact) mass is 274 g/mol. The van der Waals surface area contributed by atoms with Crippen LogP contribution in [0.1, 0.15) is 33.1 Å². The van der Waals surface area contributed by atoms with Crippen LogP contribution in [0.5, 0.6) is 0 Å². The Hall–Kier alpha value is -1.04. The third-order valence-corrected chi connectivity index (χ3v) is 2.57. The third-order valence-electron chi connectivity index (χ3n) is 2.35. The van der Waals surface area contributed by atoms with Crippen LogP contribution < -0.4 is 10.6 Å². The van der Waals surface area contributed by atoms with E-state index in [-0.39, 0.29) is 29.9 Å². The van der Waals surface area contributed by atoms with Gasteiger partial charge in [0.15, 0.2) is 0 Å². The number of carbonyl (C=O) groups is 3. The molecule has 0 saturated heterocycles. The number of thiol groups is 1. The van der Waals surface area contributed by atoms with E-state index in [2.05, 4.69) is 23.3 Å². The first kappa shape index (κ1) is 17.0. The summed E-state index contributed by atoms with van der Waals surface area (Å²) in [4.78, 5) is 33.7. The first-order valence-electron chi connectivity index (χ1n) is 6.14. The average molecular weight is 274 g/mol. The van der Waals surface area contributed by atoms with Gasteiger partial charge >= 0.3 is 0 Å². The summed E-state index contributed by atoms with van der Waals surface area (Å²) in [5.74, 6) is 0.375. The van der Waals surface area contributed by atoms with Crippen molar-refractivity contribution in [3.05, 3.63) is 0 Å². The molecule has 6 heteroatoms. The van der Waals surface area contributed by atoms with Crippen LogP contribution in [0.15, 0.2) is 0 Å². The Labute approximate surface area is 113 Å². The Morgan fingerprint density at radius 3 is 1.94 bits per heavy atom. The second kappa shape index (κ2) is 9.94. The number of amides is 2. The van der Waals surface area contributed by atoms with Crippen molar-refractivity contribution in [3.63, 3.8) is 0 Å². The van der Waals surface area contributed by atoms with Crippen molar-refractivity contribution >= 4 is 30.2 Å². The molecule has 18 heavy (non-hydrogen) atoms. The molecule has 0 rings (SSSR count). The topological polar surface area (TPSA) is 75.3 Å². The Morgan fingerprint density at radius 1 is 0.944 bits per heavy atom. The summed E-state index contributed by atoms with van der Waals surface area (Å²) in [5.41, 5.74) is 0. The van der Waals surface area contributed by atoms with Crippen LogP contribution in [0.2, 0.25) is 0 Å². The lowest BCUT2D eigenvalue weighted by Gasteiger charge is -2.07. The molecule has 0 aliphatic carbocycles. The third kappa shape index (κ3) is 9.04. The van der Waals surface area contributed by atoms with E-state index >= 15 is 0 Å². The van der Waals surface area contributed by atoms with Crippen molar-refractivity contribution in [1.29, 1.82) is 0 Å². The summed E-state index contributed by atoms with van der Waals surface area (Å²) in [6.07, 6.45) is 0.942. The van der Waals surface area contributed by atoms with Crippen molar-refractivity contribution in [3.8, 4) is 0 Å². The highest BCUT2D eigenvalue weighted by atomic mass is 32.1. The number of hydrogen-bond acceptors (Lipinski definition) is 4. The molecule has 0 heterocycles. The van der Waals surface area contributed by atoms with E-state index in [0.717, 1.165) is 0 Å². The number of nitrogens with one attached hydrogen (secondary N) is 2. The molecule has 0 aromatic rings. The molecule has 0 aromatic carbocycles. The molecule has 5 nitrogen and oxygen atoms in total. The molecule has 0 unspecified atom stereocenters. The fraction of sp³-hybridized carbons (Fsp3) is 0.750. The van der Waals surface area contributed by atoms with Crippen LogP contribution in [0, 0.1) is 5.92 Å². The summed E-state index contributed by atoms with van der Waals surface area (Å²) in [5, 5.41) is 5.26. The van der Waals surface area contributed by atoms with E-state index in [1.165, 1.54) is 0 Å². The Morgan fingerprint density at radius 2 is 1.44 bits per heavy atom. The van der Waals surface area contributed by atoms with Gasteiger partial charge in [-0.3, -0.25) is 14.4 Å². The first-order valence-corrected chi connectivity index (χ1v) is 6.77. The van der Waals surface area contributed by atoms with Gasteiger partial charge in [0.25, 0.3) is 0 Å². The summed E-state index contributed by atoms with van der Waals surface area (Å²) in [7, 11) is 0. The largest absolute Gasteiger partial charge is 0.356 e. The maximum absolute atomic E-state index is 11.3.